The molecule has 3 heterocycles. The van der Waals surface area contributed by atoms with Gasteiger partial charge in [-0.2, -0.15) is 11.8 Å². The molecule has 4 rings (SSSR count). The summed E-state index contributed by atoms with van der Waals surface area (Å²) >= 11 is 2.00. The zero-order chi connectivity index (χ0) is 16.2. The molecule has 126 valence electrons. The maximum Gasteiger partial charge on any atom is 0.134 e. The predicted molar refractivity (Wildman–Crippen MR) is 98.7 cm³/mol. The van der Waals surface area contributed by atoms with Gasteiger partial charge in [0, 0.05) is 37.3 Å². The Morgan fingerprint density at radius 2 is 1.96 bits per heavy atom. The number of aromatic nitrogens is 2. The summed E-state index contributed by atoms with van der Waals surface area (Å²) in [5.74, 6) is 4.23. The van der Waals surface area contributed by atoms with E-state index >= 15 is 0 Å². The molecule has 1 N–H and O–H groups in total. The second-order valence-corrected chi connectivity index (χ2v) is 7.33. The smallest absolute Gasteiger partial charge is 0.134 e. The number of ether oxygens (including phenoxy) is 1. The van der Waals surface area contributed by atoms with Gasteiger partial charge in [0.15, 0.2) is 0 Å². The van der Waals surface area contributed by atoms with Gasteiger partial charge in [-0.05, 0) is 12.0 Å². The van der Waals surface area contributed by atoms with E-state index in [0.717, 1.165) is 37.8 Å². The summed E-state index contributed by atoms with van der Waals surface area (Å²) in [4.78, 5) is 11.2. The summed E-state index contributed by atoms with van der Waals surface area (Å²) in [7, 11) is 0. The number of nitrogens with one attached hydrogen (secondary N) is 1. The molecule has 0 bridgehead atoms. The second kappa shape index (κ2) is 7.40. The number of thioether (sulfide) groups is 1. The van der Waals surface area contributed by atoms with Crippen molar-refractivity contribution < 1.29 is 4.74 Å². The fourth-order valence-electron chi connectivity index (χ4n) is 3.29. The van der Waals surface area contributed by atoms with E-state index in [1.54, 1.807) is 6.33 Å². The molecule has 2 aliphatic heterocycles. The van der Waals surface area contributed by atoms with Crippen LogP contribution in [-0.4, -0.2) is 47.2 Å². The molecule has 2 aromatic rings. The first-order valence-corrected chi connectivity index (χ1v) is 9.63. The highest BCUT2D eigenvalue weighted by Gasteiger charge is 2.29. The summed E-state index contributed by atoms with van der Waals surface area (Å²) in [5.41, 5.74) is 1.22. The van der Waals surface area contributed by atoms with E-state index in [1.807, 2.05) is 17.8 Å². The van der Waals surface area contributed by atoms with Crippen molar-refractivity contribution in [3.63, 3.8) is 0 Å². The number of benzene rings is 1. The van der Waals surface area contributed by atoms with Crippen molar-refractivity contribution in [2.24, 2.45) is 0 Å². The Kier molecular flexibility index (Phi) is 4.85. The molecule has 24 heavy (non-hydrogen) atoms. The van der Waals surface area contributed by atoms with Crippen LogP contribution in [0.2, 0.25) is 0 Å². The lowest BCUT2D eigenvalue weighted by molar-refractivity contribution is 0.107. The van der Waals surface area contributed by atoms with Gasteiger partial charge in [0.05, 0.1) is 6.04 Å². The monoisotopic (exact) mass is 342 g/mol. The Balaban J connectivity index is 1.48. The lowest BCUT2D eigenvalue weighted by atomic mass is 10.0. The van der Waals surface area contributed by atoms with Gasteiger partial charge in [-0.25, -0.2) is 9.97 Å². The second-order valence-electron chi connectivity index (χ2n) is 6.10. The third-order valence-electron chi connectivity index (χ3n) is 4.54. The molecule has 1 aromatic heterocycles. The standard InChI is InChI=1S/C18H22N4OS/c1-2-4-14(5-3-1)18-15(6-9-23-18)21-16-12-17(20-13-19-16)22-7-10-24-11-8-22/h1-5,12-13,15,18H,6-11H2,(H,19,20,21)/t15-,18+/m1/s1. The lowest BCUT2D eigenvalue weighted by Crippen LogP contribution is -2.33. The molecule has 2 aliphatic rings. The van der Waals surface area contributed by atoms with Gasteiger partial charge in [0.1, 0.15) is 24.1 Å². The molecular formula is C18H22N4OS. The van der Waals surface area contributed by atoms with Crippen LogP contribution in [0.15, 0.2) is 42.7 Å². The molecule has 2 fully saturated rings. The molecule has 0 aliphatic carbocycles. The van der Waals surface area contributed by atoms with E-state index in [-0.39, 0.29) is 12.1 Å². The van der Waals surface area contributed by atoms with Crippen LogP contribution in [-0.2, 0) is 4.74 Å². The van der Waals surface area contributed by atoms with Crippen molar-refractivity contribution in [1.82, 2.24) is 9.97 Å². The summed E-state index contributed by atoms with van der Waals surface area (Å²) < 4.78 is 5.95. The van der Waals surface area contributed by atoms with Gasteiger partial charge < -0.3 is 15.0 Å². The van der Waals surface area contributed by atoms with E-state index in [9.17, 15) is 0 Å². The van der Waals surface area contributed by atoms with E-state index in [1.165, 1.54) is 17.1 Å². The minimum Gasteiger partial charge on any atom is -0.371 e. The van der Waals surface area contributed by atoms with Crippen molar-refractivity contribution in [1.29, 1.82) is 0 Å². The van der Waals surface area contributed by atoms with Crippen LogP contribution in [0.25, 0.3) is 0 Å². The third-order valence-corrected chi connectivity index (χ3v) is 5.48. The topological polar surface area (TPSA) is 50.3 Å². The average Bonchev–Trinajstić information content (AvgIpc) is 3.11. The van der Waals surface area contributed by atoms with Crippen molar-refractivity contribution >= 4 is 23.4 Å². The molecular weight excluding hydrogens is 320 g/mol. The van der Waals surface area contributed by atoms with Crippen LogP contribution in [0.1, 0.15) is 18.1 Å². The quantitative estimate of drug-likeness (QED) is 0.922. The lowest BCUT2D eigenvalue weighted by Gasteiger charge is -2.28. The van der Waals surface area contributed by atoms with Crippen molar-refractivity contribution in [3.8, 4) is 0 Å². The highest BCUT2D eigenvalue weighted by Crippen LogP contribution is 2.31. The number of rotatable bonds is 4. The first-order valence-electron chi connectivity index (χ1n) is 8.48. The fraction of sp³-hybridized carbons (Fsp3) is 0.444. The summed E-state index contributed by atoms with van der Waals surface area (Å²) in [5, 5.41) is 3.56. The third kappa shape index (κ3) is 3.49. The minimum atomic E-state index is 0.0796. The first-order chi connectivity index (χ1) is 11.9. The van der Waals surface area contributed by atoms with Crippen LogP contribution < -0.4 is 10.2 Å². The molecule has 2 saturated heterocycles. The van der Waals surface area contributed by atoms with Gasteiger partial charge in [-0.1, -0.05) is 30.3 Å². The van der Waals surface area contributed by atoms with Crippen LogP contribution in [0.5, 0.6) is 0 Å². The number of hydrogen-bond donors (Lipinski definition) is 1. The van der Waals surface area contributed by atoms with E-state index < -0.39 is 0 Å². The molecule has 1 aromatic carbocycles. The van der Waals surface area contributed by atoms with Crippen LogP contribution in [0.3, 0.4) is 0 Å². The van der Waals surface area contributed by atoms with Gasteiger partial charge in [-0.3, -0.25) is 0 Å². The van der Waals surface area contributed by atoms with Crippen LogP contribution in [0.4, 0.5) is 11.6 Å². The zero-order valence-electron chi connectivity index (χ0n) is 13.6. The van der Waals surface area contributed by atoms with Crippen molar-refractivity contribution in [3.05, 3.63) is 48.3 Å². The van der Waals surface area contributed by atoms with Crippen LogP contribution in [0, 0.1) is 0 Å². The van der Waals surface area contributed by atoms with Gasteiger partial charge >= 0.3 is 0 Å². The molecule has 2 atom stereocenters. The maximum absolute atomic E-state index is 5.95. The Morgan fingerprint density at radius 1 is 1.12 bits per heavy atom. The SMILES string of the molecule is c1ccc([C@@H]2OCC[C@H]2Nc2cc(N3CCSCC3)ncn2)cc1. The fourth-order valence-corrected chi connectivity index (χ4v) is 4.19. The van der Waals surface area contributed by atoms with E-state index in [2.05, 4.69) is 50.5 Å². The first kappa shape index (κ1) is 15.7. The number of anilines is 2. The van der Waals surface area contributed by atoms with Gasteiger partial charge in [0.2, 0.25) is 0 Å². The minimum absolute atomic E-state index is 0.0796. The average molecular weight is 342 g/mol. The molecule has 6 heteroatoms. The number of hydrogen-bond acceptors (Lipinski definition) is 6. The van der Waals surface area contributed by atoms with Crippen LogP contribution >= 0.6 is 11.8 Å². The maximum atomic E-state index is 5.95. The molecule has 0 unspecified atom stereocenters. The van der Waals surface area contributed by atoms with Gasteiger partial charge in [0.25, 0.3) is 0 Å². The summed E-state index contributed by atoms with van der Waals surface area (Å²) in [6.45, 7) is 2.89. The zero-order valence-corrected chi connectivity index (χ0v) is 14.4. The molecule has 0 radical (unpaired) electrons. The largest absolute Gasteiger partial charge is 0.371 e. The number of nitrogens with zero attached hydrogens (tertiary/aromatic N) is 3. The molecule has 0 amide bonds. The van der Waals surface area contributed by atoms with Crippen molar-refractivity contribution in [2.75, 3.05) is 41.4 Å². The Labute approximate surface area is 146 Å². The summed E-state index contributed by atoms with van der Waals surface area (Å²) in [6.07, 6.45) is 2.72. The highest BCUT2D eigenvalue weighted by molar-refractivity contribution is 7.99. The molecule has 0 saturated carbocycles. The van der Waals surface area contributed by atoms with E-state index in [4.69, 9.17) is 4.74 Å². The Morgan fingerprint density at radius 3 is 2.79 bits per heavy atom. The molecule has 5 nitrogen and oxygen atoms in total. The summed E-state index contributed by atoms with van der Waals surface area (Å²) in [6, 6.07) is 12.7. The Bertz CT molecular complexity index is 663. The molecule has 0 spiro atoms. The predicted octanol–water partition coefficient (Wildman–Crippen LogP) is 2.97. The van der Waals surface area contributed by atoms with E-state index in [0.29, 0.717) is 0 Å². The highest BCUT2D eigenvalue weighted by atomic mass is 32.2. The Hall–Kier alpha value is -1.79. The normalized spacial score (nSPS) is 24.1. The van der Waals surface area contributed by atoms with Gasteiger partial charge in [-0.15, -0.1) is 0 Å². The van der Waals surface area contributed by atoms with Crippen molar-refractivity contribution in [2.45, 2.75) is 18.6 Å².